The highest BCUT2D eigenvalue weighted by Gasteiger charge is 2.29. The minimum Gasteiger partial charge on any atom is -0.491 e. The van der Waals surface area contributed by atoms with Crippen LogP contribution in [0.25, 0.3) is 0 Å². The van der Waals surface area contributed by atoms with Crippen molar-refractivity contribution in [3.05, 3.63) is 65.2 Å². The van der Waals surface area contributed by atoms with Crippen LogP contribution in [0.5, 0.6) is 5.75 Å². The lowest BCUT2D eigenvalue weighted by atomic mass is 10.1. The normalized spacial score (nSPS) is 11.5. The largest absolute Gasteiger partial charge is 0.491 e. The number of nitrogens with zero attached hydrogens (tertiary/aromatic N) is 1. The van der Waals surface area contributed by atoms with Gasteiger partial charge in [0, 0.05) is 12.7 Å². The molecule has 1 amide bonds. The number of halogens is 3. The Kier molecular flexibility index (Phi) is 6.74. The number of methoxy groups -OCH3 is 1. The number of rotatable bonds is 7. The van der Waals surface area contributed by atoms with Gasteiger partial charge in [-0.2, -0.15) is 18.3 Å². The Balaban J connectivity index is 1.88. The van der Waals surface area contributed by atoms with Gasteiger partial charge < -0.3 is 9.47 Å². The third-order valence-corrected chi connectivity index (χ3v) is 3.29. The highest BCUT2D eigenvalue weighted by Crippen LogP contribution is 2.28. The highest BCUT2D eigenvalue weighted by atomic mass is 19.4. The summed E-state index contributed by atoms with van der Waals surface area (Å²) in [6.45, 7) is 0.861. The summed E-state index contributed by atoms with van der Waals surface area (Å²) in [5.41, 5.74) is 2.37. The van der Waals surface area contributed by atoms with Crippen molar-refractivity contribution in [1.82, 2.24) is 5.43 Å². The molecule has 0 aliphatic rings. The molecule has 2 rings (SSSR count). The Bertz CT molecular complexity index is 742. The number of hydrogen-bond donors (Lipinski definition) is 1. The fourth-order valence-electron chi connectivity index (χ4n) is 1.93. The lowest BCUT2D eigenvalue weighted by molar-refractivity contribution is -0.137. The second-order valence-electron chi connectivity index (χ2n) is 5.18. The van der Waals surface area contributed by atoms with Crippen molar-refractivity contribution >= 4 is 12.1 Å². The molecule has 0 heterocycles. The maximum absolute atomic E-state index is 12.5. The van der Waals surface area contributed by atoms with Crippen LogP contribution in [0.3, 0.4) is 0 Å². The van der Waals surface area contributed by atoms with Crippen LogP contribution in [0, 0.1) is 0 Å². The number of ether oxygens (including phenoxy) is 2. The Hall–Kier alpha value is -2.87. The van der Waals surface area contributed by atoms with Gasteiger partial charge in [0.25, 0.3) is 5.91 Å². The third kappa shape index (κ3) is 5.89. The zero-order valence-corrected chi connectivity index (χ0v) is 13.9. The van der Waals surface area contributed by atoms with Gasteiger partial charge in [-0.1, -0.05) is 12.1 Å². The van der Waals surface area contributed by atoms with E-state index in [4.69, 9.17) is 9.47 Å². The summed E-state index contributed by atoms with van der Waals surface area (Å²) in [6, 6.07) is 10.9. The summed E-state index contributed by atoms with van der Waals surface area (Å²) in [4.78, 5) is 12.0. The van der Waals surface area contributed by atoms with Gasteiger partial charge in [-0.25, -0.2) is 5.43 Å². The van der Waals surface area contributed by atoms with E-state index in [-0.39, 0.29) is 0 Å². The van der Waals surface area contributed by atoms with Gasteiger partial charge in [-0.05, 0) is 42.0 Å². The van der Waals surface area contributed by atoms with Gasteiger partial charge in [0.1, 0.15) is 12.4 Å². The number of carbonyl (C=O) groups is 1. The Morgan fingerprint density at radius 2 is 1.73 bits per heavy atom. The first-order chi connectivity index (χ1) is 12.4. The lowest BCUT2D eigenvalue weighted by Gasteiger charge is -2.06. The van der Waals surface area contributed by atoms with Crippen LogP contribution in [0.2, 0.25) is 0 Å². The van der Waals surface area contributed by atoms with Crippen molar-refractivity contribution in [2.24, 2.45) is 5.10 Å². The van der Waals surface area contributed by atoms with E-state index in [9.17, 15) is 18.0 Å². The molecule has 0 spiro atoms. The molecule has 8 heteroatoms. The van der Waals surface area contributed by atoms with Crippen molar-refractivity contribution in [3.63, 3.8) is 0 Å². The van der Waals surface area contributed by atoms with Gasteiger partial charge in [-0.3, -0.25) is 4.79 Å². The first-order valence-corrected chi connectivity index (χ1v) is 7.62. The molecule has 0 aliphatic heterocycles. The smallest absolute Gasteiger partial charge is 0.416 e. The molecule has 2 aromatic rings. The molecule has 0 unspecified atom stereocenters. The first-order valence-electron chi connectivity index (χ1n) is 7.62. The minimum absolute atomic E-state index is 0.369. The van der Waals surface area contributed by atoms with Gasteiger partial charge in [0.15, 0.2) is 0 Å². The fraction of sp³-hybridized carbons (Fsp3) is 0.222. The molecular formula is C18H17F3N2O3. The van der Waals surface area contributed by atoms with Crippen molar-refractivity contribution in [3.8, 4) is 5.75 Å². The molecule has 0 saturated carbocycles. The van der Waals surface area contributed by atoms with Crippen molar-refractivity contribution in [1.29, 1.82) is 0 Å². The Morgan fingerprint density at radius 3 is 2.31 bits per heavy atom. The molecule has 138 valence electrons. The van der Waals surface area contributed by atoms with Crippen molar-refractivity contribution in [2.45, 2.75) is 6.18 Å². The number of alkyl halides is 3. The van der Waals surface area contributed by atoms with Crippen LogP contribution in [0.15, 0.2) is 53.6 Å². The molecule has 0 saturated heterocycles. The lowest BCUT2D eigenvalue weighted by Crippen LogP contribution is -2.17. The average Bonchev–Trinajstić information content (AvgIpc) is 2.62. The Labute approximate surface area is 148 Å². The second kappa shape index (κ2) is 9.00. The van der Waals surface area contributed by atoms with Crippen LogP contribution in [-0.2, 0) is 10.9 Å². The summed E-state index contributed by atoms with van der Waals surface area (Å²) < 4.78 is 47.7. The van der Waals surface area contributed by atoms with E-state index in [0.29, 0.717) is 30.1 Å². The van der Waals surface area contributed by atoms with Crippen molar-refractivity contribution in [2.75, 3.05) is 20.3 Å². The predicted molar refractivity (Wildman–Crippen MR) is 90.3 cm³/mol. The van der Waals surface area contributed by atoms with Gasteiger partial charge >= 0.3 is 6.18 Å². The second-order valence-corrected chi connectivity index (χ2v) is 5.18. The number of carbonyl (C=O) groups excluding carboxylic acids is 1. The Morgan fingerprint density at radius 1 is 1.08 bits per heavy atom. The minimum atomic E-state index is -4.39. The van der Waals surface area contributed by atoms with Crippen LogP contribution in [-0.4, -0.2) is 32.4 Å². The quantitative estimate of drug-likeness (QED) is 0.464. The van der Waals surface area contributed by atoms with Crippen LogP contribution in [0.4, 0.5) is 13.2 Å². The molecule has 26 heavy (non-hydrogen) atoms. The standard InChI is InChI=1S/C18H17F3N2O3/c1-25-10-11-26-16-8-4-14(5-9-16)17(24)23-22-12-13-2-6-15(7-3-13)18(19,20)21/h2-9,12H,10-11H2,1H3,(H,23,24). The first kappa shape index (κ1) is 19.5. The van der Waals surface area contributed by atoms with E-state index >= 15 is 0 Å². The molecule has 0 fully saturated rings. The molecule has 0 radical (unpaired) electrons. The van der Waals surface area contributed by atoms with E-state index in [0.717, 1.165) is 12.1 Å². The van der Waals surface area contributed by atoms with Gasteiger partial charge in [0.05, 0.1) is 18.4 Å². The summed E-state index contributed by atoms with van der Waals surface area (Å²) in [5.74, 6) is 0.156. The van der Waals surface area contributed by atoms with Crippen LogP contribution >= 0.6 is 0 Å². The fourth-order valence-corrected chi connectivity index (χ4v) is 1.93. The molecule has 0 bridgehead atoms. The number of benzene rings is 2. The van der Waals surface area contributed by atoms with E-state index in [1.54, 1.807) is 31.4 Å². The third-order valence-electron chi connectivity index (χ3n) is 3.29. The number of amides is 1. The number of hydrogen-bond acceptors (Lipinski definition) is 4. The highest BCUT2D eigenvalue weighted by molar-refractivity contribution is 5.95. The van der Waals surface area contributed by atoms with E-state index < -0.39 is 17.6 Å². The summed E-state index contributed by atoms with van der Waals surface area (Å²) >= 11 is 0. The van der Waals surface area contributed by atoms with E-state index in [1.165, 1.54) is 18.3 Å². The molecular weight excluding hydrogens is 349 g/mol. The molecule has 1 N–H and O–H groups in total. The maximum atomic E-state index is 12.5. The zero-order valence-electron chi connectivity index (χ0n) is 13.9. The summed E-state index contributed by atoms with van der Waals surface area (Å²) in [5, 5.41) is 3.74. The average molecular weight is 366 g/mol. The SMILES string of the molecule is COCCOc1ccc(C(=O)NN=Cc2ccc(C(F)(F)F)cc2)cc1. The van der Waals surface area contributed by atoms with E-state index in [2.05, 4.69) is 10.5 Å². The number of nitrogens with one attached hydrogen (secondary N) is 1. The molecule has 5 nitrogen and oxygen atoms in total. The number of hydrazone groups is 1. The summed E-state index contributed by atoms with van der Waals surface area (Å²) in [7, 11) is 1.57. The molecule has 0 aromatic heterocycles. The summed E-state index contributed by atoms with van der Waals surface area (Å²) in [6.07, 6.45) is -3.12. The maximum Gasteiger partial charge on any atom is 0.416 e. The van der Waals surface area contributed by atoms with Gasteiger partial charge in [-0.15, -0.1) is 0 Å². The van der Waals surface area contributed by atoms with E-state index in [1.807, 2.05) is 0 Å². The van der Waals surface area contributed by atoms with Gasteiger partial charge in [0.2, 0.25) is 0 Å². The molecule has 2 aromatic carbocycles. The van der Waals surface area contributed by atoms with Crippen molar-refractivity contribution < 1.29 is 27.4 Å². The van der Waals surface area contributed by atoms with Crippen LogP contribution < -0.4 is 10.2 Å². The molecule has 0 aliphatic carbocycles. The predicted octanol–water partition coefficient (Wildman–Crippen LogP) is 3.49. The van der Waals surface area contributed by atoms with Crippen LogP contribution in [0.1, 0.15) is 21.5 Å². The molecule has 0 atom stereocenters. The topological polar surface area (TPSA) is 59.9 Å². The zero-order chi connectivity index (χ0) is 19.0. The monoisotopic (exact) mass is 366 g/mol.